The number of anilines is 1. The highest BCUT2D eigenvalue weighted by Crippen LogP contribution is 2.34. The lowest BCUT2D eigenvalue weighted by Gasteiger charge is -2.14. The molecule has 21 heavy (non-hydrogen) atoms. The molecule has 1 aromatic carbocycles. The van der Waals surface area contributed by atoms with Gasteiger partial charge in [-0.1, -0.05) is 48.9 Å². The summed E-state index contributed by atoms with van der Waals surface area (Å²) >= 11 is 12.1. The van der Waals surface area contributed by atoms with Crippen LogP contribution in [0.2, 0.25) is 10.0 Å². The van der Waals surface area contributed by atoms with Crippen LogP contribution in [-0.4, -0.2) is 11.6 Å². The van der Waals surface area contributed by atoms with E-state index in [0.717, 1.165) is 18.6 Å². The van der Waals surface area contributed by atoms with E-state index in [-0.39, 0.29) is 5.91 Å². The molecule has 2 aliphatic rings. The van der Waals surface area contributed by atoms with Gasteiger partial charge in [-0.15, -0.1) is 0 Å². The summed E-state index contributed by atoms with van der Waals surface area (Å²) in [6, 6.07) is 5.13. The number of hydrazone groups is 1. The number of carbonyl (C=O) groups excluding carboxylic acids is 1. The average Bonchev–Trinajstić information content (AvgIpc) is 2.67. The number of carbonyl (C=O) groups is 1. The molecule has 0 N–H and O–H groups in total. The van der Waals surface area contributed by atoms with Crippen molar-refractivity contribution in [1.82, 2.24) is 0 Å². The number of halogens is 2. The first-order valence-electron chi connectivity index (χ1n) is 7.50. The lowest BCUT2D eigenvalue weighted by Crippen LogP contribution is -2.20. The zero-order valence-electron chi connectivity index (χ0n) is 11.8. The minimum atomic E-state index is -0.00142. The van der Waals surface area contributed by atoms with Gasteiger partial charge in [-0.3, -0.25) is 4.79 Å². The molecule has 112 valence electrons. The molecular formula is C16H18Cl2N2O. The fourth-order valence-corrected chi connectivity index (χ4v) is 3.62. The Balaban J connectivity index is 1.84. The zero-order valence-corrected chi connectivity index (χ0v) is 13.3. The van der Waals surface area contributed by atoms with Crippen LogP contribution < -0.4 is 5.01 Å². The van der Waals surface area contributed by atoms with Crippen LogP contribution in [0.3, 0.4) is 0 Å². The van der Waals surface area contributed by atoms with Gasteiger partial charge in [0.15, 0.2) is 0 Å². The van der Waals surface area contributed by atoms with Crippen molar-refractivity contribution in [3.05, 3.63) is 28.2 Å². The number of hydrogen-bond acceptors (Lipinski definition) is 2. The van der Waals surface area contributed by atoms with Crippen LogP contribution in [0.1, 0.15) is 44.9 Å². The number of amides is 1. The first-order valence-corrected chi connectivity index (χ1v) is 8.26. The second kappa shape index (κ2) is 6.37. The lowest BCUT2D eigenvalue weighted by molar-refractivity contribution is -0.116. The van der Waals surface area contributed by atoms with Crippen molar-refractivity contribution in [2.45, 2.75) is 44.9 Å². The van der Waals surface area contributed by atoms with E-state index in [1.807, 2.05) is 0 Å². The van der Waals surface area contributed by atoms with E-state index in [9.17, 15) is 4.79 Å². The van der Waals surface area contributed by atoms with Crippen molar-refractivity contribution in [2.75, 3.05) is 5.01 Å². The van der Waals surface area contributed by atoms with Crippen LogP contribution in [-0.2, 0) is 4.79 Å². The number of benzene rings is 1. The van der Waals surface area contributed by atoms with Crippen LogP contribution in [0.5, 0.6) is 0 Å². The Morgan fingerprint density at radius 1 is 1.10 bits per heavy atom. The Bertz CT molecular complexity index is 578. The monoisotopic (exact) mass is 324 g/mol. The fourth-order valence-electron chi connectivity index (χ4n) is 3.13. The molecule has 1 heterocycles. The van der Waals surface area contributed by atoms with E-state index in [0.29, 0.717) is 28.1 Å². The van der Waals surface area contributed by atoms with Crippen molar-refractivity contribution >= 4 is 40.5 Å². The molecule has 0 unspecified atom stereocenters. The molecule has 1 saturated carbocycles. The van der Waals surface area contributed by atoms with Gasteiger partial charge in [0.2, 0.25) is 0 Å². The SMILES string of the molecule is O=C1CC(C2CCCCCC2)=NN1c1ccc(Cl)cc1Cl. The third-order valence-corrected chi connectivity index (χ3v) is 4.80. The van der Waals surface area contributed by atoms with Gasteiger partial charge in [-0.25, -0.2) is 0 Å². The van der Waals surface area contributed by atoms with E-state index in [1.165, 1.54) is 30.7 Å². The Morgan fingerprint density at radius 2 is 1.81 bits per heavy atom. The molecule has 3 nitrogen and oxygen atoms in total. The van der Waals surface area contributed by atoms with E-state index < -0.39 is 0 Å². The van der Waals surface area contributed by atoms with Crippen LogP contribution in [0.15, 0.2) is 23.3 Å². The molecule has 3 rings (SSSR count). The summed E-state index contributed by atoms with van der Waals surface area (Å²) in [6.07, 6.45) is 7.78. The quantitative estimate of drug-likeness (QED) is 0.700. The summed E-state index contributed by atoms with van der Waals surface area (Å²) in [7, 11) is 0. The zero-order chi connectivity index (χ0) is 14.8. The smallest absolute Gasteiger partial charge is 0.253 e. The standard InChI is InChI=1S/C16H18Cl2N2O/c17-12-7-8-15(13(18)9-12)20-16(21)10-14(19-20)11-5-3-1-2-4-6-11/h7-9,11H,1-6,10H2. The van der Waals surface area contributed by atoms with Gasteiger partial charge >= 0.3 is 0 Å². The molecular weight excluding hydrogens is 307 g/mol. The molecule has 1 amide bonds. The molecule has 1 aliphatic heterocycles. The summed E-state index contributed by atoms with van der Waals surface area (Å²) in [6.45, 7) is 0. The maximum absolute atomic E-state index is 12.3. The van der Waals surface area contributed by atoms with Crippen molar-refractivity contribution in [2.24, 2.45) is 11.0 Å². The van der Waals surface area contributed by atoms with Crippen LogP contribution in [0.25, 0.3) is 0 Å². The molecule has 0 spiro atoms. The second-order valence-electron chi connectivity index (χ2n) is 5.76. The largest absolute Gasteiger partial charge is 0.272 e. The van der Waals surface area contributed by atoms with Gasteiger partial charge in [0.25, 0.3) is 5.91 Å². The fraction of sp³-hybridized carbons (Fsp3) is 0.500. The molecule has 1 aliphatic carbocycles. The van der Waals surface area contributed by atoms with Gasteiger partial charge in [0.05, 0.1) is 22.8 Å². The summed E-state index contributed by atoms with van der Waals surface area (Å²) in [5, 5.41) is 7.03. The first-order chi connectivity index (χ1) is 10.1. The molecule has 5 heteroatoms. The molecule has 0 saturated heterocycles. The van der Waals surface area contributed by atoms with Crippen LogP contribution >= 0.6 is 23.2 Å². The Kier molecular flexibility index (Phi) is 4.51. The van der Waals surface area contributed by atoms with Gasteiger partial charge in [-0.05, 0) is 37.0 Å². The van der Waals surface area contributed by atoms with E-state index >= 15 is 0 Å². The Morgan fingerprint density at radius 3 is 2.48 bits per heavy atom. The van der Waals surface area contributed by atoms with E-state index in [2.05, 4.69) is 5.10 Å². The Labute approximate surface area is 134 Å². The van der Waals surface area contributed by atoms with Gasteiger partial charge in [-0.2, -0.15) is 10.1 Å². The molecule has 0 atom stereocenters. The highest BCUT2D eigenvalue weighted by atomic mass is 35.5. The summed E-state index contributed by atoms with van der Waals surface area (Å²) in [5.74, 6) is 0.450. The highest BCUT2D eigenvalue weighted by Gasteiger charge is 2.31. The summed E-state index contributed by atoms with van der Waals surface area (Å²) in [5.41, 5.74) is 1.64. The van der Waals surface area contributed by atoms with E-state index in [1.54, 1.807) is 18.2 Å². The minimum absolute atomic E-state index is 0.00142. The van der Waals surface area contributed by atoms with Crippen LogP contribution in [0, 0.1) is 5.92 Å². The van der Waals surface area contributed by atoms with Crippen molar-refractivity contribution in [1.29, 1.82) is 0 Å². The molecule has 1 aromatic rings. The normalized spacial score (nSPS) is 20.6. The predicted molar refractivity (Wildman–Crippen MR) is 87.2 cm³/mol. The van der Waals surface area contributed by atoms with Crippen molar-refractivity contribution in [3.63, 3.8) is 0 Å². The van der Waals surface area contributed by atoms with E-state index in [4.69, 9.17) is 23.2 Å². The third-order valence-electron chi connectivity index (χ3n) is 4.26. The summed E-state index contributed by atoms with van der Waals surface area (Å²) in [4.78, 5) is 12.3. The predicted octanol–water partition coefficient (Wildman–Crippen LogP) is 5.06. The maximum Gasteiger partial charge on any atom is 0.253 e. The summed E-state index contributed by atoms with van der Waals surface area (Å²) < 4.78 is 0. The Hall–Kier alpha value is -1.06. The average molecular weight is 325 g/mol. The van der Waals surface area contributed by atoms with Gasteiger partial charge in [0, 0.05) is 5.02 Å². The molecule has 0 radical (unpaired) electrons. The van der Waals surface area contributed by atoms with Crippen molar-refractivity contribution in [3.8, 4) is 0 Å². The third kappa shape index (κ3) is 3.24. The molecule has 1 fully saturated rings. The molecule has 0 bridgehead atoms. The lowest BCUT2D eigenvalue weighted by atomic mass is 9.93. The number of nitrogens with zero attached hydrogens (tertiary/aromatic N) is 2. The number of hydrogen-bond donors (Lipinski definition) is 0. The van der Waals surface area contributed by atoms with Gasteiger partial charge in [0.1, 0.15) is 0 Å². The van der Waals surface area contributed by atoms with Crippen molar-refractivity contribution < 1.29 is 4.79 Å². The van der Waals surface area contributed by atoms with Crippen LogP contribution in [0.4, 0.5) is 5.69 Å². The minimum Gasteiger partial charge on any atom is -0.272 e. The van der Waals surface area contributed by atoms with Gasteiger partial charge < -0.3 is 0 Å². The maximum atomic E-state index is 12.3. The highest BCUT2D eigenvalue weighted by molar-refractivity contribution is 6.37. The first kappa shape index (κ1) is 14.9. The molecule has 0 aromatic heterocycles. The topological polar surface area (TPSA) is 32.7 Å². The number of rotatable bonds is 2. The second-order valence-corrected chi connectivity index (χ2v) is 6.60.